The van der Waals surface area contributed by atoms with Crippen LogP contribution in [0.4, 0.5) is 0 Å². The van der Waals surface area contributed by atoms with Crippen molar-refractivity contribution >= 4 is 37.5 Å². The van der Waals surface area contributed by atoms with Gasteiger partial charge in [0.2, 0.25) is 0 Å². The van der Waals surface area contributed by atoms with Gasteiger partial charge in [0.15, 0.2) is 0 Å². The monoisotopic (exact) mass is 293 g/mol. The first-order valence-corrected chi connectivity index (χ1v) is 6.44. The van der Waals surface area contributed by atoms with Gasteiger partial charge in [-0.05, 0) is 28.1 Å². The number of nitrogens with zero attached hydrogens (tertiary/aromatic N) is 3. The van der Waals surface area contributed by atoms with Crippen LogP contribution in [0.15, 0.2) is 34.4 Å². The molecule has 0 aliphatic carbocycles. The van der Waals surface area contributed by atoms with Crippen LogP contribution in [0.2, 0.25) is 0 Å². The quantitative estimate of drug-likeness (QED) is 0.688. The predicted molar refractivity (Wildman–Crippen MR) is 69.5 cm³/mol. The highest BCUT2D eigenvalue weighted by atomic mass is 79.9. The van der Waals surface area contributed by atoms with E-state index < -0.39 is 0 Å². The highest BCUT2D eigenvalue weighted by molar-refractivity contribution is 9.10. The number of hydrogen-bond donors (Lipinski definition) is 0. The Kier molecular flexibility index (Phi) is 2.29. The van der Waals surface area contributed by atoms with Crippen LogP contribution >= 0.6 is 27.3 Å². The van der Waals surface area contributed by atoms with Crippen LogP contribution in [0.1, 0.15) is 0 Å². The smallest absolute Gasteiger partial charge is 0.0959 e. The third kappa shape index (κ3) is 1.56. The zero-order chi connectivity index (χ0) is 11.1. The number of pyridine rings is 1. The molecule has 0 bridgehead atoms. The summed E-state index contributed by atoms with van der Waals surface area (Å²) in [4.78, 5) is 4.63. The number of hydrogen-bond acceptors (Lipinski definition) is 3. The molecule has 0 unspecified atom stereocenters. The number of aromatic nitrogens is 3. The lowest BCUT2D eigenvalue weighted by Gasteiger charge is -1.96. The Morgan fingerprint density at radius 1 is 1.38 bits per heavy atom. The number of rotatable bonds is 1. The van der Waals surface area contributed by atoms with Gasteiger partial charge in [-0.3, -0.25) is 4.68 Å². The molecule has 0 radical (unpaired) electrons. The van der Waals surface area contributed by atoms with Gasteiger partial charge in [-0.25, -0.2) is 4.98 Å². The fourth-order valence-electron chi connectivity index (χ4n) is 1.60. The molecule has 0 saturated heterocycles. The Bertz CT molecular complexity index is 656. The second-order valence-corrected chi connectivity index (χ2v) is 5.30. The topological polar surface area (TPSA) is 30.7 Å². The van der Waals surface area contributed by atoms with E-state index in [9.17, 15) is 0 Å². The van der Waals surface area contributed by atoms with Gasteiger partial charge in [-0.1, -0.05) is 0 Å². The van der Waals surface area contributed by atoms with Gasteiger partial charge in [0.1, 0.15) is 0 Å². The zero-order valence-electron chi connectivity index (χ0n) is 8.51. The Labute approximate surface area is 105 Å². The van der Waals surface area contributed by atoms with Crippen LogP contribution in [0.3, 0.4) is 0 Å². The maximum absolute atomic E-state index is 4.63. The molecule has 0 fully saturated rings. The molecule has 0 atom stereocenters. The molecule has 5 heteroatoms. The van der Waals surface area contributed by atoms with Gasteiger partial charge in [0.25, 0.3) is 0 Å². The number of fused-ring (bicyclic) bond motifs is 1. The van der Waals surface area contributed by atoms with E-state index in [0.29, 0.717) is 0 Å². The van der Waals surface area contributed by atoms with Crippen LogP contribution in [-0.4, -0.2) is 14.8 Å². The van der Waals surface area contributed by atoms with Crippen molar-refractivity contribution < 1.29 is 0 Å². The van der Waals surface area contributed by atoms with Gasteiger partial charge in [0.05, 0.1) is 26.6 Å². The van der Waals surface area contributed by atoms with Gasteiger partial charge in [-0.15, -0.1) is 11.3 Å². The van der Waals surface area contributed by atoms with E-state index in [-0.39, 0.29) is 0 Å². The van der Waals surface area contributed by atoms with Crippen LogP contribution in [0.5, 0.6) is 0 Å². The van der Waals surface area contributed by atoms with Gasteiger partial charge in [0, 0.05) is 24.2 Å². The number of aryl methyl sites for hydroxylation is 1. The predicted octanol–water partition coefficient (Wildman–Crippen LogP) is 3.46. The molecule has 0 aromatic carbocycles. The lowest BCUT2D eigenvalue weighted by atomic mass is 10.2. The van der Waals surface area contributed by atoms with Crippen molar-refractivity contribution in [1.82, 2.24) is 14.8 Å². The summed E-state index contributed by atoms with van der Waals surface area (Å²) in [7, 11) is 1.91. The standard InChI is InChI=1S/C11H8BrN3S/c1-15-5-7(4-13-15)9-2-3-10-11(14-9)8(12)6-16-10/h2-6H,1H3. The SMILES string of the molecule is Cn1cc(-c2ccc3scc(Br)c3n2)cn1. The summed E-state index contributed by atoms with van der Waals surface area (Å²) in [5.74, 6) is 0. The summed E-state index contributed by atoms with van der Waals surface area (Å²) in [6, 6.07) is 4.13. The maximum Gasteiger partial charge on any atom is 0.0959 e. The normalized spacial score (nSPS) is 11.1. The van der Waals surface area contributed by atoms with E-state index >= 15 is 0 Å². The van der Waals surface area contributed by atoms with Crippen molar-refractivity contribution in [1.29, 1.82) is 0 Å². The molecule has 80 valence electrons. The van der Waals surface area contributed by atoms with Gasteiger partial charge in [-0.2, -0.15) is 5.10 Å². The largest absolute Gasteiger partial charge is 0.275 e. The molecule has 0 saturated carbocycles. The van der Waals surface area contributed by atoms with Crippen molar-refractivity contribution in [2.45, 2.75) is 0 Å². The summed E-state index contributed by atoms with van der Waals surface area (Å²) >= 11 is 5.20. The summed E-state index contributed by atoms with van der Waals surface area (Å²) in [5, 5.41) is 6.21. The highest BCUT2D eigenvalue weighted by Gasteiger charge is 2.06. The highest BCUT2D eigenvalue weighted by Crippen LogP contribution is 2.30. The molecular weight excluding hydrogens is 286 g/mol. The number of thiophene rings is 1. The maximum atomic E-state index is 4.63. The van der Waals surface area contributed by atoms with E-state index in [1.807, 2.05) is 25.5 Å². The Morgan fingerprint density at radius 2 is 2.25 bits per heavy atom. The van der Waals surface area contributed by atoms with Crippen molar-refractivity contribution in [3.05, 3.63) is 34.4 Å². The third-order valence-electron chi connectivity index (χ3n) is 2.37. The molecule has 0 aliphatic heterocycles. The summed E-state index contributed by atoms with van der Waals surface area (Å²) in [6.45, 7) is 0. The molecular formula is C11H8BrN3S. The summed E-state index contributed by atoms with van der Waals surface area (Å²) < 4.78 is 4.03. The minimum Gasteiger partial charge on any atom is -0.275 e. The van der Waals surface area contributed by atoms with Crippen molar-refractivity contribution in [3.63, 3.8) is 0 Å². The minimum atomic E-state index is 0.958. The molecule has 3 heterocycles. The van der Waals surface area contributed by atoms with Gasteiger partial charge >= 0.3 is 0 Å². The summed E-state index contributed by atoms with van der Waals surface area (Å²) in [6.07, 6.45) is 3.79. The van der Waals surface area contributed by atoms with Crippen molar-refractivity contribution in [2.75, 3.05) is 0 Å². The first-order valence-electron chi connectivity index (χ1n) is 4.77. The zero-order valence-corrected chi connectivity index (χ0v) is 10.9. The third-order valence-corrected chi connectivity index (χ3v) is 4.22. The fraction of sp³-hybridized carbons (Fsp3) is 0.0909. The van der Waals surface area contributed by atoms with E-state index in [2.05, 4.69) is 37.5 Å². The van der Waals surface area contributed by atoms with E-state index in [0.717, 1.165) is 21.2 Å². The van der Waals surface area contributed by atoms with Crippen molar-refractivity contribution in [2.24, 2.45) is 7.05 Å². The molecule has 0 aliphatic rings. The molecule has 3 aromatic heterocycles. The Hall–Kier alpha value is -1.20. The second kappa shape index (κ2) is 3.68. The average molecular weight is 294 g/mol. The van der Waals surface area contributed by atoms with Crippen LogP contribution in [-0.2, 0) is 7.05 Å². The molecule has 0 amide bonds. The van der Waals surface area contributed by atoms with Crippen molar-refractivity contribution in [3.8, 4) is 11.3 Å². The average Bonchev–Trinajstić information content (AvgIpc) is 2.86. The van der Waals surface area contributed by atoms with E-state index in [1.54, 1.807) is 16.0 Å². The molecule has 0 N–H and O–H groups in total. The summed E-state index contributed by atoms with van der Waals surface area (Å²) in [5.41, 5.74) is 3.02. The molecule has 0 spiro atoms. The Morgan fingerprint density at radius 3 is 3.00 bits per heavy atom. The first kappa shape index (κ1) is 9.99. The molecule has 3 aromatic rings. The first-order chi connectivity index (χ1) is 7.74. The second-order valence-electron chi connectivity index (χ2n) is 3.53. The van der Waals surface area contributed by atoms with Crippen LogP contribution < -0.4 is 0 Å². The minimum absolute atomic E-state index is 0.958. The molecule has 16 heavy (non-hydrogen) atoms. The molecule has 3 rings (SSSR count). The number of halogens is 1. The molecule has 3 nitrogen and oxygen atoms in total. The lowest BCUT2D eigenvalue weighted by Crippen LogP contribution is -1.84. The van der Waals surface area contributed by atoms with E-state index in [1.165, 1.54) is 4.70 Å². The van der Waals surface area contributed by atoms with E-state index in [4.69, 9.17) is 0 Å². The van der Waals surface area contributed by atoms with Crippen LogP contribution in [0.25, 0.3) is 21.5 Å². The lowest BCUT2D eigenvalue weighted by molar-refractivity contribution is 0.768. The fourth-order valence-corrected chi connectivity index (χ4v) is 3.07. The van der Waals surface area contributed by atoms with Crippen LogP contribution in [0, 0.1) is 0 Å². The van der Waals surface area contributed by atoms with Gasteiger partial charge < -0.3 is 0 Å². The Balaban J connectivity index is 2.21.